The fourth-order valence-corrected chi connectivity index (χ4v) is 3.02. The van der Waals surface area contributed by atoms with Gasteiger partial charge in [-0.1, -0.05) is 52.9 Å². The molecular formula is C19H14F2INO3. The number of carbonyl (C=O) groups is 1. The van der Waals surface area contributed by atoms with Gasteiger partial charge < -0.3 is 9.30 Å². The van der Waals surface area contributed by atoms with Gasteiger partial charge in [-0.3, -0.25) is 4.79 Å². The average Bonchev–Trinajstić information content (AvgIpc) is 2.63. The first-order valence-corrected chi connectivity index (χ1v) is 9.02. The minimum Gasteiger partial charge on any atom is -0.457 e. The number of alkyl halides is 1. The standard InChI is InChI=1S/C19H14F2INO3/c1-11(22)23-8-7-13-9-14(16(20)17(21)15(13)18(23)24)19(25)26-10-12-5-3-2-4-6-12/h2-9,11H,10H2,1H3. The zero-order chi connectivity index (χ0) is 18.8. The number of carbonyl (C=O) groups excluding carboxylic acids is 1. The van der Waals surface area contributed by atoms with Crippen molar-refractivity contribution in [3.63, 3.8) is 0 Å². The van der Waals surface area contributed by atoms with E-state index in [1.165, 1.54) is 16.8 Å². The number of benzene rings is 2. The van der Waals surface area contributed by atoms with Gasteiger partial charge in [-0.2, -0.15) is 0 Å². The van der Waals surface area contributed by atoms with Gasteiger partial charge in [0.05, 0.1) is 15.0 Å². The molecule has 2 aromatic carbocycles. The number of nitrogens with zero attached hydrogens (tertiary/aromatic N) is 1. The molecule has 26 heavy (non-hydrogen) atoms. The van der Waals surface area contributed by atoms with Crippen molar-refractivity contribution in [2.75, 3.05) is 0 Å². The largest absolute Gasteiger partial charge is 0.457 e. The van der Waals surface area contributed by atoms with E-state index in [2.05, 4.69) is 0 Å². The van der Waals surface area contributed by atoms with Gasteiger partial charge in [-0.25, -0.2) is 13.6 Å². The monoisotopic (exact) mass is 469 g/mol. The summed E-state index contributed by atoms with van der Waals surface area (Å²) >= 11 is 1.99. The van der Waals surface area contributed by atoms with E-state index in [9.17, 15) is 18.4 Å². The SMILES string of the molecule is CC(I)n1ccc2cc(C(=O)OCc3ccccc3)c(F)c(F)c2c1=O. The van der Waals surface area contributed by atoms with Crippen LogP contribution in [0.3, 0.4) is 0 Å². The number of hydrogen-bond acceptors (Lipinski definition) is 3. The lowest BCUT2D eigenvalue weighted by atomic mass is 10.1. The normalized spacial score (nSPS) is 12.2. The fourth-order valence-electron chi connectivity index (χ4n) is 2.58. The number of aromatic nitrogens is 1. The van der Waals surface area contributed by atoms with Gasteiger partial charge in [0.15, 0.2) is 11.6 Å². The predicted molar refractivity (Wildman–Crippen MR) is 102 cm³/mol. The summed E-state index contributed by atoms with van der Waals surface area (Å²) in [5.41, 5.74) is -0.461. The highest BCUT2D eigenvalue weighted by atomic mass is 127. The molecule has 4 nitrogen and oxygen atoms in total. The van der Waals surface area contributed by atoms with Gasteiger partial charge in [0, 0.05) is 6.20 Å². The summed E-state index contributed by atoms with van der Waals surface area (Å²) in [7, 11) is 0. The number of esters is 1. The Morgan fingerprint density at radius 1 is 1.19 bits per heavy atom. The van der Waals surface area contributed by atoms with E-state index in [0.29, 0.717) is 0 Å². The average molecular weight is 469 g/mol. The van der Waals surface area contributed by atoms with Gasteiger partial charge >= 0.3 is 5.97 Å². The summed E-state index contributed by atoms with van der Waals surface area (Å²) in [4.78, 5) is 24.6. The van der Waals surface area contributed by atoms with Crippen molar-refractivity contribution in [1.82, 2.24) is 4.57 Å². The number of pyridine rings is 1. The molecule has 0 spiro atoms. The number of fused-ring (bicyclic) bond motifs is 1. The lowest BCUT2D eigenvalue weighted by Gasteiger charge is -2.12. The van der Waals surface area contributed by atoms with Crippen LogP contribution >= 0.6 is 22.6 Å². The molecular weight excluding hydrogens is 455 g/mol. The quantitative estimate of drug-likeness (QED) is 0.319. The van der Waals surface area contributed by atoms with E-state index in [1.54, 1.807) is 31.2 Å². The summed E-state index contributed by atoms with van der Waals surface area (Å²) in [5, 5.41) is -0.234. The molecule has 7 heteroatoms. The van der Waals surface area contributed by atoms with Crippen LogP contribution in [0.4, 0.5) is 8.78 Å². The molecule has 1 aromatic heterocycles. The summed E-state index contributed by atoms with van der Waals surface area (Å²) in [5.74, 6) is -3.71. The number of rotatable bonds is 4. The van der Waals surface area contributed by atoms with Crippen molar-refractivity contribution in [2.45, 2.75) is 17.6 Å². The molecule has 1 heterocycles. The second kappa shape index (κ2) is 7.53. The highest BCUT2D eigenvalue weighted by Crippen LogP contribution is 2.23. The number of hydrogen-bond donors (Lipinski definition) is 0. The van der Waals surface area contributed by atoms with Crippen molar-refractivity contribution >= 4 is 39.3 Å². The molecule has 0 amide bonds. The first kappa shape index (κ1) is 18.5. The van der Waals surface area contributed by atoms with Gasteiger partial charge in [-0.15, -0.1) is 0 Å². The molecule has 0 N–H and O–H groups in total. The van der Waals surface area contributed by atoms with Crippen molar-refractivity contribution in [3.05, 3.63) is 81.8 Å². The lowest BCUT2D eigenvalue weighted by molar-refractivity contribution is 0.0466. The zero-order valence-corrected chi connectivity index (χ0v) is 15.9. The number of ether oxygens (including phenoxy) is 1. The van der Waals surface area contributed by atoms with Crippen molar-refractivity contribution in [3.8, 4) is 0 Å². The smallest absolute Gasteiger partial charge is 0.341 e. The van der Waals surface area contributed by atoms with Crippen LogP contribution in [0.1, 0.15) is 26.9 Å². The van der Waals surface area contributed by atoms with Crippen LogP contribution in [0, 0.1) is 11.6 Å². The zero-order valence-electron chi connectivity index (χ0n) is 13.7. The molecule has 3 rings (SSSR count). The Morgan fingerprint density at radius 2 is 1.88 bits per heavy atom. The summed E-state index contributed by atoms with van der Waals surface area (Å²) in [6.45, 7) is 1.68. The topological polar surface area (TPSA) is 48.3 Å². The highest BCUT2D eigenvalue weighted by Gasteiger charge is 2.22. The molecule has 1 unspecified atom stereocenters. The van der Waals surface area contributed by atoms with Crippen LogP contribution in [0.2, 0.25) is 0 Å². The second-order valence-corrected chi connectivity index (χ2v) is 7.48. The van der Waals surface area contributed by atoms with Crippen LogP contribution in [-0.4, -0.2) is 10.5 Å². The molecule has 0 aliphatic rings. The Morgan fingerprint density at radius 3 is 2.54 bits per heavy atom. The molecule has 0 aliphatic heterocycles. The van der Waals surface area contributed by atoms with E-state index in [0.717, 1.165) is 11.6 Å². The van der Waals surface area contributed by atoms with Crippen molar-refractivity contribution in [1.29, 1.82) is 0 Å². The fraction of sp³-hybridized carbons (Fsp3) is 0.158. The molecule has 0 radical (unpaired) electrons. The Bertz CT molecular complexity index is 1030. The maximum absolute atomic E-state index is 14.5. The molecule has 0 saturated carbocycles. The Hall–Kier alpha value is -2.29. The van der Waals surface area contributed by atoms with Gasteiger partial charge in [0.1, 0.15) is 6.61 Å². The summed E-state index contributed by atoms with van der Waals surface area (Å²) < 4.78 is 35.0. The molecule has 3 aromatic rings. The van der Waals surface area contributed by atoms with Crippen LogP contribution in [0.5, 0.6) is 0 Å². The van der Waals surface area contributed by atoms with E-state index in [-0.39, 0.29) is 21.4 Å². The van der Waals surface area contributed by atoms with E-state index in [1.807, 2.05) is 28.7 Å². The molecule has 1 atom stereocenters. The summed E-state index contributed by atoms with van der Waals surface area (Å²) in [6.07, 6.45) is 1.48. The van der Waals surface area contributed by atoms with E-state index in [4.69, 9.17) is 4.74 Å². The third-order valence-corrected chi connectivity index (χ3v) is 4.52. The third-order valence-electron chi connectivity index (χ3n) is 3.92. The molecule has 0 bridgehead atoms. The third kappa shape index (κ3) is 3.48. The number of halogens is 3. The van der Waals surface area contributed by atoms with E-state index < -0.39 is 28.7 Å². The van der Waals surface area contributed by atoms with Crippen molar-refractivity contribution in [2.24, 2.45) is 0 Å². The van der Waals surface area contributed by atoms with Gasteiger partial charge in [0.25, 0.3) is 5.56 Å². The van der Waals surface area contributed by atoms with Crippen LogP contribution in [-0.2, 0) is 11.3 Å². The molecule has 0 fully saturated rings. The predicted octanol–water partition coefficient (Wildman–Crippen LogP) is 4.59. The van der Waals surface area contributed by atoms with E-state index >= 15 is 0 Å². The Kier molecular flexibility index (Phi) is 5.36. The lowest BCUT2D eigenvalue weighted by Crippen LogP contribution is -2.22. The molecule has 0 aliphatic carbocycles. The van der Waals surface area contributed by atoms with Crippen LogP contribution in [0.25, 0.3) is 10.8 Å². The van der Waals surface area contributed by atoms with Crippen molar-refractivity contribution < 1.29 is 18.3 Å². The minimum atomic E-state index is -1.38. The first-order chi connectivity index (χ1) is 12.4. The Balaban J connectivity index is 1.99. The minimum absolute atomic E-state index is 0.0628. The summed E-state index contributed by atoms with van der Waals surface area (Å²) in [6, 6.07) is 11.5. The van der Waals surface area contributed by atoms with Crippen LogP contribution in [0.15, 0.2) is 53.5 Å². The maximum atomic E-state index is 14.5. The molecule has 134 valence electrons. The van der Waals surface area contributed by atoms with Gasteiger partial charge in [-0.05, 0) is 30.0 Å². The van der Waals surface area contributed by atoms with Crippen LogP contribution < -0.4 is 5.56 Å². The maximum Gasteiger partial charge on any atom is 0.341 e. The second-order valence-electron chi connectivity index (χ2n) is 5.68. The highest BCUT2D eigenvalue weighted by molar-refractivity contribution is 14.1. The molecule has 0 saturated heterocycles. The van der Waals surface area contributed by atoms with Gasteiger partial charge in [0.2, 0.25) is 0 Å². The Labute approximate surface area is 161 Å². The first-order valence-electron chi connectivity index (χ1n) is 7.78.